The van der Waals surface area contributed by atoms with E-state index in [0.29, 0.717) is 6.04 Å². The summed E-state index contributed by atoms with van der Waals surface area (Å²) in [6.07, 6.45) is 6.80. The highest BCUT2D eigenvalue weighted by Gasteiger charge is 2.28. The highest BCUT2D eigenvalue weighted by molar-refractivity contribution is 4.87. The molecule has 0 aromatic carbocycles. The van der Waals surface area contributed by atoms with Crippen molar-refractivity contribution in [2.45, 2.75) is 71.4 Å². The molecule has 1 heterocycles. The molecule has 1 aliphatic rings. The van der Waals surface area contributed by atoms with Crippen LogP contribution in [0.3, 0.4) is 0 Å². The van der Waals surface area contributed by atoms with Gasteiger partial charge in [0, 0.05) is 44.3 Å². The van der Waals surface area contributed by atoms with E-state index in [9.17, 15) is 0 Å². The molecule has 0 spiro atoms. The average molecular weight is 284 g/mol. The molecule has 20 heavy (non-hydrogen) atoms. The van der Waals surface area contributed by atoms with Gasteiger partial charge in [-0.1, -0.05) is 32.6 Å². The summed E-state index contributed by atoms with van der Waals surface area (Å²) in [5.41, 5.74) is 0.277. The molecule has 1 N–H and O–H groups in total. The van der Waals surface area contributed by atoms with Gasteiger partial charge >= 0.3 is 0 Å². The maximum absolute atomic E-state index is 3.75. The minimum absolute atomic E-state index is 0.277. The van der Waals surface area contributed by atoms with Crippen LogP contribution in [0.2, 0.25) is 0 Å². The lowest BCUT2D eigenvalue weighted by molar-refractivity contribution is 0.0602. The van der Waals surface area contributed by atoms with E-state index in [4.69, 9.17) is 0 Å². The Labute approximate surface area is 127 Å². The van der Waals surface area contributed by atoms with E-state index in [-0.39, 0.29) is 5.54 Å². The third-order valence-electron chi connectivity index (χ3n) is 4.73. The number of nitrogens with one attached hydrogen (secondary N) is 1. The minimum atomic E-state index is 0.277. The first-order chi connectivity index (χ1) is 9.45. The molecular formula is C17H37N3. The van der Waals surface area contributed by atoms with Gasteiger partial charge in [0.1, 0.15) is 0 Å². The second-order valence-corrected chi connectivity index (χ2v) is 7.23. The number of nitrogens with zero attached hydrogens (tertiary/aromatic N) is 2. The van der Waals surface area contributed by atoms with Crippen molar-refractivity contribution >= 4 is 0 Å². The Morgan fingerprint density at radius 1 is 1.05 bits per heavy atom. The second-order valence-electron chi connectivity index (χ2n) is 7.23. The summed E-state index contributed by atoms with van der Waals surface area (Å²) < 4.78 is 0. The van der Waals surface area contributed by atoms with Crippen molar-refractivity contribution in [3.8, 4) is 0 Å². The second kappa shape index (κ2) is 9.01. The van der Waals surface area contributed by atoms with Gasteiger partial charge in [0.2, 0.25) is 0 Å². The van der Waals surface area contributed by atoms with Crippen molar-refractivity contribution in [2.75, 3.05) is 39.8 Å². The van der Waals surface area contributed by atoms with Gasteiger partial charge < -0.3 is 10.2 Å². The van der Waals surface area contributed by atoms with E-state index >= 15 is 0 Å². The van der Waals surface area contributed by atoms with Crippen LogP contribution in [0.4, 0.5) is 0 Å². The van der Waals surface area contributed by atoms with Gasteiger partial charge in [-0.15, -0.1) is 0 Å². The van der Waals surface area contributed by atoms with Crippen LogP contribution in [0, 0.1) is 0 Å². The summed E-state index contributed by atoms with van der Waals surface area (Å²) in [5.74, 6) is 0. The normalized spacial score (nSPS) is 20.2. The Balaban J connectivity index is 2.21. The van der Waals surface area contributed by atoms with Crippen molar-refractivity contribution < 1.29 is 0 Å². The number of likely N-dealkylation sites (N-methyl/N-ethyl adjacent to an activating group) is 1. The van der Waals surface area contributed by atoms with Crippen molar-refractivity contribution in [3.05, 3.63) is 0 Å². The van der Waals surface area contributed by atoms with E-state index in [1.165, 1.54) is 58.3 Å². The number of rotatable bonds is 9. The zero-order chi connectivity index (χ0) is 15.0. The predicted molar refractivity (Wildman–Crippen MR) is 89.4 cm³/mol. The molecule has 1 saturated heterocycles. The van der Waals surface area contributed by atoms with Gasteiger partial charge in [-0.3, -0.25) is 4.90 Å². The van der Waals surface area contributed by atoms with Crippen molar-refractivity contribution in [1.29, 1.82) is 0 Å². The lowest BCUT2D eigenvalue weighted by atomic mass is 10.00. The Kier molecular flexibility index (Phi) is 8.08. The van der Waals surface area contributed by atoms with Crippen LogP contribution in [-0.4, -0.2) is 61.2 Å². The lowest BCUT2D eigenvalue weighted by Gasteiger charge is -2.44. The molecule has 0 radical (unpaired) electrons. The van der Waals surface area contributed by atoms with E-state index in [1.807, 2.05) is 0 Å². The van der Waals surface area contributed by atoms with Crippen LogP contribution in [0.15, 0.2) is 0 Å². The fraction of sp³-hybridized carbons (Fsp3) is 1.00. The van der Waals surface area contributed by atoms with Gasteiger partial charge in [0.25, 0.3) is 0 Å². The molecule has 1 unspecified atom stereocenters. The topological polar surface area (TPSA) is 18.5 Å². The summed E-state index contributed by atoms with van der Waals surface area (Å²) >= 11 is 0. The summed E-state index contributed by atoms with van der Waals surface area (Å²) in [7, 11) is 2.22. The van der Waals surface area contributed by atoms with Crippen LogP contribution in [0.25, 0.3) is 0 Å². The average Bonchev–Trinajstić information content (AvgIpc) is 2.42. The van der Waals surface area contributed by atoms with E-state index < -0.39 is 0 Å². The largest absolute Gasteiger partial charge is 0.312 e. The molecule has 0 aromatic rings. The summed E-state index contributed by atoms with van der Waals surface area (Å²) in [4.78, 5) is 5.07. The fourth-order valence-electron chi connectivity index (χ4n) is 2.93. The Morgan fingerprint density at radius 3 is 2.30 bits per heavy atom. The fourth-order valence-corrected chi connectivity index (χ4v) is 2.93. The van der Waals surface area contributed by atoms with Crippen LogP contribution in [0.5, 0.6) is 0 Å². The van der Waals surface area contributed by atoms with E-state index in [1.54, 1.807) is 0 Å². The van der Waals surface area contributed by atoms with Crippen LogP contribution in [0.1, 0.15) is 59.8 Å². The summed E-state index contributed by atoms with van der Waals surface area (Å²) in [6.45, 7) is 15.3. The standard InChI is InChI=1S/C17H37N3/c1-6-7-8-9-10-16(2)18-15-17(3,4)20-13-11-19(5)12-14-20/h16,18H,6-15H2,1-5H3. The van der Waals surface area contributed by atoms with Gasteiger partial charge in [0.15, 0.2) is 0 Å². The van der Waals surface area contributed by atoms with Crippen molar-refractivity contribution in [3.63, 3.8) is 0 Å². The molecule has 0 amide bonds. The van der Waals surface area contributed by atoms with E-state index in [2.05, 4.69) is 49.9 Å². The lowest BCUT2D eigenvalue weighted by Crippen LogP contribution is -2.58. The van der Waals surface area contributed by atoms with Gasteiger partial charge in [0.05, 0.1) is 0 Å². The third kappa shape index (κ3) is 6.55. The Bertz CT molecular complexity index is 245. The zero-order valence-corrected chi connectivity index (χ0v) is 14.5. The smallest absolute Gasteiger partial charge is 0.0278 e. The number of hydrogen-bond acceptors (Lipinski definition) is 3. The monoisotopic (exact) mass is 283 g/mol. The first kappa shape index (κ1) is 17.9. The van der Waals surface area contributed by atoms with Crippen molar-refractivity contribution in [1.82, 2.24) is 15.1 Å². The Hall–Kier alpha value is -0.120. The van der Waals surface area contributed by atoms with Crippen LogP contribution < -0.4 is 5.32 Å². The molecule has 3 nitrogen and oxygen atoms in total. The van der Waals surface area contributed by atoms with Gasteiger partial charge in [-0.25, -0.2) is 0 Å². The number of hydrogen-bond donors (Lipinski definition) is 1. The first-order valence-electron chi connectivity index (χ1n) is 8.62. The number of piperazine rings is 1. The molecule has 0 aromatic heterocycles. The summed E-state index contributed by atoms with van der Waals surface area (Å²) in [5, 5.41) is 3.75. The van der Waals surface area contributed by atoms with Gasteiger partial charge in [-0.2, -0.15) is 0 Å². The van der Waals surface area contributed by atoms with Crippen LogP contribution >= 0.6 is 0 Å². The predicted octanol–water partition coefficient (Wildman–Crippen LogP) is 2.96. The highest BCUT2D eigenvalue weighted by atomic mass is 15.3. The quantitative estimate of drug-likeness (QED) is 0.656. The molecule has 1 rings (SSSR count). The van der Waals surface area contributed by atoms with Gasteiger partial charge in [-0.05, 0) is 34.2 Å². The first-order valence-corrected chi connectivity index (χ1v) is 8.62. The van der Waals surface area contributed by atoms with Crippen molar-refractivity contribution in [2.24, 2.45) is 0 Å². The third-order valence-corrected chi connectivity index (χ3v) is 4.73. The molecular weight excluding hydrogens is 246 g/mol. The minimum Gasteiger partial charge on any atom is -0.312 e. The molecule has 0 aliphatic carbocycles. The molecule has 1 aliphatic heterocycles. The SMILES string of the molecule is CCCCCCC(C)NCC(C)(C)N1CCN(C)CC1. The molecule has 1 atom stereocenters. The molecule has 0 saturated carbocycles. The molecule has 1 fully saturated rings. The zero-order valence-electron chi connectivity index (χ0n) is 14.5. The molecule has 3 heteroatoms. The molecule has 120 valence electrons. The molecule has 0 bridgehead atoms. The Morgan fingerprint density at radius 2 is 1.70 bits per heavy atom. The number of unbranched alkanes of at least 4 members (excludes halogenated alkanes) is 3. The summed E-state index contributed by atoms with van der Waals surface area (Å²) in [6, 6.07) is 0.651. The van der Waals surface area contributed by atoms with E-state index in [0.717, 1.165) is 6.54 Å². The highest BCUT2D eigenvalue weighted by Crippen LogP contribution is 2.16. The maximum atomic E-state index is 3.75. The van der Waals surface area contributed by atoms with Crippen LogP contribution in [-0.2, 0) is 0 Å². The maximum Gasteiger partial charge on any atom is 0.0278 e.